The zero-order chi connectivity index (χ0) is 20.1. The van der Waals surface area contributed by atoms with Gasteiger partial charge in [0, 0.05) is 30.0 Å². The normalized spacial score (nSPS) is 23.8. The first-order valence-electron chi connectivity index (χ1n) is 8.99. The predicted octanol–water partition coefficient (Wildman–Crippen LogP) is 2.96. The van der Waals surface area contributed by atoms with Gasteiger partial charge in [0.2, 0.25) is 10.0 Å². The summed E-state index contributed by atoms with van der Waals surface area (Å²) < 4.78 is 65.6. The molecule has 0 amide bonds. The molecular weight excluding hydrogens is 395 g/mol. The van der Waals surface area contributed by atoms with E-state index in [2.05, 4.69) is 19.7 Å². The second-order valence-electron chi connectivity index (χ2n) is 7.40. The van der Waals surface area contributed by atoms with Crippen LogP contribution in [-0.2, 0) is 10.0 Å². The molecule has 3 unspecified atom stereocenters. The quantitative estimate of drug-likeness (QED) is 0.670. The lowest BCUT2D eigenvalue weighted by Crippen LogP contribution is -2.36. The van der Waals surface area contributed by atoms with Gasteiger partial charge < -0.3 is 4.98 Å². The van der Waals surface area contributed by atoms with Crippen molar-refractivity contribution in [3.05, 3.63) is 30.4 Å². The van der Waals surface area contributed by atoms with E-state index in [0.29, 0.717) is 18.5 Å². The minimum absolute atomic E-state index is 0.0332. The molecule has 3 heterocycles. The molecule has 1 fully saturated rings. The number of hydrogen-bond acceptors (Lipinski definition) is 4. The second-order valence-corrected chi connectivity index (χ2v) is 9.27. The molecule has 0 aliphatic heterocycles. The maximum Gasteiger partial charge on any atom is 0.390 e. The molecule has 11 heteroatoms. The predicted molar refractivity (Wildman–Crippen MR) is 97.4 cm³/mol. The molecule has 152 valence electrons. The molecule has 2 N–H and O–H groups in total. The summed E-state index contributed by atoms with van der Waals surface area (Å²) in [4.78, 5) is 11.8. The Balaban J connectivity index is 1.55. The number of hydrogen-bond donors (Lipinski definition) is 2. The third kappa shape index (κ3) is 3.72. The number of H-pyrrole nitrogens is 1. The van der Waals surface area contributed by atoms with Crippen molar-refractivity contribution in [2.24, 2.45) is 5.92 Å². The third-order valence-corrected chi connectivity index (χ3v) is 6.77. The van der Waals surface area contributed by atoms with Gasteiger partial charge in [0.05, 0.1) is 23.9 Å². The number of alkyl halides is 3. The fourth-order valence-corrected chi connectivity index (χ4v) is 5.39. The molecule has 1 aliphatic rings. The molecule has 3 aromatic heterocycles. The number of nitrogens with zero attached hydrogens (tertiary/aromatic N) is 3. The molecule has 0 radical (unpaired) electrons. The molecule has 3 atom stereocenters. The van der Waals surface area contributed by atoms with Gasteiger partial charge in [-0.15, -0.1) is 0 Å². The first kappa shape index (κ1) is 19.2. The third-order valence-electron chi connectivity index (χ3n) is 5.33. The Kier molecular flexibility index (Phi) is 4.61. The van der Waals surface area contributed by atoms with E-state index in [4.69, 9.17) is 0 Å². The Hall–Kier alpha value is -2.14. The fourth-order valence-electron chi connectivity index (χ4n) is 4.07. The SMILES string of the molecule is CC1CC(NS(=O)(=O)CCC(F)(F)F)CC1c1cnc2cnc3[nH]ccc3n12. The van der Waals surface area contributed by atoms with Gasteiger partial charge in [0.25, 0.3) is 0 Å². The highest BCUT2D eigenvalue weighted by molar-refractivity contribution is 7.89. The number of aromatic nitrogens is 4. The molecule has 1 saturated carbocycles. The van der Waals surface area contributed by atoms with Crippen molar-refractivity contribution in [1.82, 2.24) is 24.1 Å². The van der Waals surface area contributed by atoms with E-state index in [1.165, 1.54) is 0 Å². The molecule has 1 aliphatic carbocycles. The van der Waals surface area contributed by atoms with Crippen LogP contribution in [-0.4, -0.2) is 45.7 Å². The van der Waals surface area contributed by atoms with Crippen LogP contribution in [0.1, 0.15) is 37.8 Å². The largest absolute Gasteiger partial charge is 0.390 e. The maximum absolute atomic E-state index is 12.3. The minimum atomic E-state index is -4.49. The van der Waals surface area contributed by atoms with E-state index in [-0.39, 0.29) is 11.8 Å². The highest BCUT2D eigenvalue weighted by atomic mass is 32.2. The zero-order valence-corrected chi connectivity index (χ0v) is 15.9. The van der Waals surface area contributed by atoms with E-state index in [9.17, 15) is 21.6 Å². The van der Waals surface area contributed by atoms with Gasteiger partial charge in [0.1, 0.15) is 0 Å². The van der Waals surface area contributed by atoms with Gasteiger partial charge in [-0.25, -0.2) is 23.1 Å². The Morgan fingerprint density at radius 1 is 1.29 bits per heavy atom. The number of imidazole rings is 1. The van der Waals surface area contributed by atoms with Gasteiger partial charge >= 0.3 is 6.18 Å². The Morgan fingerprint density at radius 3 is 2.82 bits per heavy atom. The van der Waals surface area contributed by atoms with Gasteiger partial charge in [0.15, 0.2) is 11.3 Å². The van der Waals surface area contributed by atoms with Crippen molar-refractivity contribution >= 4 is 26.8 Å². The van der Waals surface area contributed by atoms with Crippen LogP contribution in [0.2, 0.25) is 0 Å². The van der Waals surface area contributed by atoms with E-state index < -0.39 is 34.4 Å². The van der Waals surface area contributed by atoms with E-state index in [1.807, 2.05) is 17.4 Å². The van der Waals surface area contributed by atoms with Crippen molar-refractivity contribution in [3.8, 4) is 0 Å². The van der Waals surface area contributed by atoms with Crippen molar-refractivity contribution in [3.63, 3.8) is 0 Å². The standard InChI is InChI=1S/C17H20F3N5O2S/c1-10-6-11(24-28(26,27)5-3-17(18,19)20)7-12(10)14-8-22-15-9-23-16-13(25(14)15)2-4-21-16/h2,4,8-12,21,24H,3,5-7H2,1H3. The van der Waals surface area contributed by atoms with Gasteiger partial charge in [-0.05, 0) is 24.8 Å². The van der Waals surface area contributed by atoms with Crippen LogP contribution in [0, 0.1) is 5.92 Å². The minimum Gasteiger partial charge on any atom is -0.345 e. The van der Waals surface area contributed by atoms with Crippen LogP contribution in [0.4, 0.5) is 13.2 Å². The van der Waals surface area contributed by atoms with Crippen molar-refractivity contribution in [1.29, 1.82) is 0 Å². The Morgan fingerprint density at radius 2 is 2.07 bits per heavy atom. The first-order valence-corrected chi connectivity index (χ1v) is 10.6. The molecule has 3 aromatic rings. The van der Waals surface area contributed by atoms with E-state index in [1.54, 1.807) is 18.6 Å². The van der Waals surface area contributed by atoms with Crippen LogP contribution < -0.4 is 4.72 Å². The second kappa shape index (κ2) is 6.73. The monoisotopic (exact) mass is 415 g/mol. The van der Waals surface area contributed by atoms with Crippen LogP contribution >= 0.6 is 0 Å². The number of fused-ring (bicyclic) bond motifs is 3. The molecular formula is C17H20F3N5O2S. The highest BCUT2D eigenvalue weighted by Crippen LogP contribution is 2.40. The molecule has 0 saturated heterocycles. The Bertz CT molecular complexity index is 1110. The zero-order valence-electron chi connectivity index (χ0n) is 15.1. The smallest absolute Gasteiger partial charge is 0.345 e. The lowest BCUT2D eigenvalue weighted by Gasteiger charge is -2.15. The summed E-state index contributed by atoms with van der Waals surface area (Å²) in [6.07, 6.45) is 0.451. The summed E-state index contributed by atoms with van der Waals surface area (Å²) in [6, 6.07) is 1.50. The van der Waals surface area contributed by atoms with Crippen molar-refractivity contribution in [2.45, 2.75) is 44.3 Å². The van der Waals surface area contributed by atoms with Crippen LogP contribution in [0.15, 0.2) is 24.7 Å². The lowest BCUT2D eigenvalue weighted by molar-refractivity contribution is -0.130. The summed E-state index contributed by atoms with van der Waals surface area (Å²) in [5.74, 6) is -0.764. The van der Waals surface area contributed by atoms with Crippen molar-refractivity contribution < 1.29 is 21.6 Å². The average Bonchev–Trinajstić information content (AvgIpc) is 3.29. The number of rotatable bonds is 5. The van der Waals surface area contributed by atoms with Gasteiger partial charge in [-0.1, -0.05) is 6.92 Å². The summed E-state index contributed by atoms with van der Waals surface area (Å²) in [6.45, 7) is 2.02. The number of sulfonamides is 1. The highest BCUT2D eigenvalue weighted by Gasteiger charge is 2.37. The van der Waals surface area contributed by atoms with Gasteiger partial charge in [-0.2, -0.15) is 13.2 Å². The summed E-state index contributed by atoms with van der Waals surface area (Å²) in [5, 5.41) is 0. The molecule has 0 spiro atoms. The summed E-state index contributed by atoms with van der Waals surface area (Å²) in [7, 11) is -3.99. The number of aromatic amines is 1. The maximum atomic E-state index is 12.3. The molecule has 7 nitrogen and oxygen atoms in total. The molecule has 0 bridgehead atoms. The summed E-state index contributed by atoms with van der Waals surface area (Å²) in [5.41, 5.74) is 3.25. The molecule has 28 heavy (non-hydrogen) atoms. The fraction of sp³-hybridized carbons (Fsp3) is 0.529. The van der Waals surface area contributed by atoms with Crippen LogP contribution in [0.3, 0.4) is 0 Å². The Labute approximate surface area is 159 Å². The topological polar surface area (TPSA) is 92.2 Å². The van der Waals surface area contributed by atoms with Crippen LogP contribution in [0.5, 0.6) is 0 Å². The number of nitrogens with one attached hydrogen (secondary N) is 2. The van der Waals surface area contributed by atoms with E-state index >= 15 is 0 Å². The lowest BCUT2D eigenvalue weighted by atomic mass is 9.95. The number of halogens is 3. The first-order chi connectivity index (χ1) is 13.1. The molecule has 4 rings (SSSR count). The molecule has 0 aromatic carbocycles. The van der Waals surface area contributed by atoms with Crippen molar-refractivity contribution in [2.75, 3.05) is 5.75 Å². The summed E-state index contributed by atoms with van der Waals surface area (Å²) >= 11 is 0. The van der Waals surface area contributed by atoms with E-state index in [0.717, 1.165) is 16.9 Å². The average molecular weight is 415 g/mol. The van der Waals surface area contributed by atoms with Crippen LogP contribution in [0.25, 0.3) is 16.8 Å². The van der Waals surface area contributed by atoms with Gasteiger partial charge in [-0.3, -0.25) is 4.40 Å².